The molecule has 2 aromatic rings. The van der Waals surface area contributed by atoms with E-state index in [-0.39, 0.29) is 17.8 Å². The number of benzene rings is 1. The maximum Gasteiger partial charge on any atom is 0.241 e. The summed E-state index contributed by atoms with van der Waals surface area (Å²) in [6, 6.07) is 3.99. The molecule has 104 valence electrons. The fraction of sp³-hybridized carbons (Fsp3) is 0.286. The van der Waals surface area contributed by atoms with Crippen molar-refractivity contribution in [2.45, 2.75) is 25.9 Å². The molecule has 1 aliphatic rings. The van der Waals surface area contributed by atoms with Gasteiger partial charge in [0.2, 0.25) is 5.91 Å². The molecule has 0 spiro atoms. The molecule has 1 atom stereocenters. The number of nitrogens with one attached hydrogen (secondary N) is 3. The molecule has 1 aromatic heterocycles. The average molecular weight is 274 g/mol. The van der Waals surface area contributed by atoms with Crippen molar-refractivity contribution >= 4 is 11.6 Å². The van der Waals surface area contributed by atoms with Crippen LogP contribution >= 0.6 is 0 Å². The fourth-order valence-corrected chi connectivity index (χ4v) is 2.34. The normalized spacial score (nSPS) is 17.6. The van der Waals surface area contributed by atoms with E-state index in [1.807, 2.05) is 0 Å². The molecule has 0 aliphatic carbocycles. The van der Waals surface area contributed by atoms with Gasteiger partial charge in [0.15, 0.2) is 0 Å². The summed E-state index contributed by atoms with van der Waals surface area (Å²) in [6.07, 6.45) is 2.18. The number of aryl methyl sites for hydroxylation is 1. The zero-order valence-corrected chi connectivity index (χ0v) is 11.0. The molecular weight excluding hydrogens is 259 g/mol. The molecule has 1 unspecified atom stereocenters. The van der Waals surface area contributed by atoms with Crippen LogP contribution in [0.25, 0.3) is 0 Å². The van der Waals surface area contributed by atoms with E-state index in [0.29, 0.717) is 24.2 Å². The zero-order valence-electron chi connectivity index (χ0n) is 11.0. The quantitative estimate of drug-likeness (QED) is 0.777. The molecule has 1 amide bonds. The lowest BCUT2D eigenvalue weighted by Crippen LogP contribution is -2.44. The van der Waals surface area contributed by atoms with E-state index in [2.05, 4.69) is 20.6 Å². The van der Waals surface area contributed by atoms with Gasteiger partial charge in [0, 0.05) is 18.7 Å². The van der Waals surface area contributed by atoms with Crippen LogP contribution < -0.4 is 10.6 Å². The summed E-state index contributed by atoms with van der Waals surface area (Å²) in [5.74, 6) is -0.439. The van der Waals surface area contributed by atoms with Crippen LogP contribution in [0.3, 0.4) is 0 Å². The number of rotatable bonds is 2. The van der Waals surface area contributed by atoms with Gasteiger partial charge in [-0.25, -0.2) is 9.37 Å². The molecule has 2 heterocycles. The van der Waals surface area contributed by atoms with Crippen LogP contribution in [0.1, 0.15) is 17.0 Å². The van der Waals surface area contributed by atoms with Gasteiger partial charge >= 0.3 is 0 Å². The van der Waals surface area contributed by atoms with Gasteiger partial charge in [0.25, 0.3) is 0 Å². The van der Waals surface area contributed by atoms with Crippen molar-refractivity contribution < 1.29 is 9.18 Å². The molecule has 0 fully saturated rings. The Bertz CT molecular complexity index is 652. The Labute approximate surface area is 115 Å². The van der Waals surface area contributed by atoms with Gasteiger partial charge in [-0.2, -0.15) is 0 Å². The standard InChI is InChI=1S/C14H15FN4O/c1-8-4-9(15)2-3-10(8)19-14(20)12-5-11-13(6-16-12)18-7-17-11/h2-4,7,12,16H,5-6H2,1H3,(H,17,18)(H,19,20). The van der Waals surface area contributed by atoms with E-state index >= 15 is 0 Å². The molecular formula is C14H15FN4O. The molecule has 0 saturated heterocycles. The summed E-state index contributed by atoms with van der Waals surface area (Å²) < 4.78 is 13.0. The highest BCUT2D eigenvalue weighted by Gasteiger charge is 2.25. The van der Waals surface area contributed by atoms with Crippen molar-refractivity contribution in [2.24, 2.45) is 0 Å². The highest BCUT2D eigenvalue weighted by Crippen LogP contribution is 2.18. The van der Waals surface area contributed by atoms with Crippen molar-refractivity contribution in [3.05, 3.63) is 47.3 Å². The summed E-state index contributed by atoms with van der Waals surface area (Å²) in [7, 11) is 0. The van der Waals surface area contributed by atoms with Crippen molar-refractivity contribution in [3.8, 4) is 0 Å². The minimum atomic E-state index is -0.324. The molecule has 0 saturated carbocycles. The first-order valence-corrected chi connectivity index (χ1v) is 6.45. The Morgan fingerprint density at radius 2 is 2.35 bits per heavy atom. The number of carbonyl (C=O) groups excluding carboxylic acids is 1. The van der Waals surface area contributed by atoms with Crippen LogP contribution in [-0.2, 0) is 17.8 Å². The van der Waals surface area contributed by atoms with Gasteiger partial charge in [-0.3, -0.25) is 10.1 Å². The number of H-pyrrole nitrogens is 1. The van der Waals surface area contributed by atoms with E-state index in [1.54, 1.807) is 19.3 Å². The maximum absolute atomic E-state index is 13.0. The number of aromatic nitrogens is 2. The number of halogens is 1. The SMILES string of the molecule is Cc1cc(F)ccc1NC(=O)C1Cc2nc[nH]c2CN1. The number of aromatic amines is 1. The summed E-state index contributed by atoms with van der Waals surface area (Å²) in [6.45, 7) is 2.36. The molecule has 3 rings (SSSR count). The van der Waals surface area contributed by atoms with Crippen molar-refractivity contribution in [1.29, 1.82) is 0 Å². The summed E-state index contributed by atoms with van der Waals surface area (Å²) >= 11 is 0. The molecule has 6 heteroatoms. The first kappa shape index (κ1) is 12.8. The van der Waals surface area contributed by atoms with Crippen LogP contribution in [0.5, 0.6) is 0 Å². The lowest BCUT2D eigenvalue weighted by Gasteiger charge is -2.22. The Balaban J connectivity index is 1.71. The Hall–Kier alpha value is -2.21. The van der Waals surface area contributed by atoms with Gasteiger partial charge in [-0.1, -0.05) is 0 Å². The number of anilines is 1. The van der Waals surface area contributed by atoms with E-state index in [9.17, 15) is 9.18 Å². The second-order valence-corrected chi connectivity index (χ2v) is 4.91. The highest BCUT2D eigenvalue weighted by atomic mass is 19.1. The number of amides is 1. The molecule has 0 bridgehead atoms. The van der Waals surface area contributed by atoms with Crippen molar-refractivity contribution in [3.63, 3.8) is 0 Å². The van der Waals surface area contributed by atoms with Gasteiger partial charge in [-0.15, -0.1) is 0 Å². The van der Waals surface area contributed by atoms with Crippen LogP contribution in [0.4, 0.5) is 10.1 Å². The topological polar surface area (TPSA) is 69.8 Å². The highest BCUT2D eigenvalue weighted by molar-refractivity contribution is 5.95. The van der Waals surface area contributed by atoms with Crippen LogP contribution in [0.15, 0.2) is 24.5 Å². The van der Waals surface area contributed by atoms with Gasteiger partial charge < -0.3 is 10.3 Å². The maximum atomic E-state index is 13.0. The molecule has 20 heavy (non-hydrogen) atoms. The summed E-state index contributed by atoms with van der Waals surface area (Å²) in [5.41, 5.74) is 3.27. The Morgan fingerprint density at radius 1 is 1.50 bits per heavy atom. The second-order valence-electron chi connectivity index (χ2n) is 4.91. The third-order valence-electron chi connectivity index (χ3n) is 3.49. The van der Waals surface area contributed by atoms with Gasteiger partial charge in [0.1, 0.15) is 5.82 Å². The van der Waals surface area contributed by atoms with E-state index in [0.717, 1.165) is 11.4 Å². The van der Waals surface area contributed by atoms with Crippen LogP contribution in [0.2, 0.25) is 0 Å². The lowest BCUT2D eigenvalue weighted by molar-refractivity contribution is -0.118. The first-order valence-electron chi connectivity index (χ1n) is 6.45. The first-order chi connectivity index (χ1) is 9.63. The number of nitrogens with zero attached hydrogens (tertiary/aromatic N) is 1. The third kappa shape index (κ3) is 2.42. The van der Waals surface area contributed by atoms with E-state index in [4.69, 9.17) is 0 Å². The Kier molecular flexibility index (Phi) is 3.23. The second kappa shape index (κ2) is 5.05. The largest absolute Gasteiger partial charge is 0.347 e. The molecule has 5 nitrogen and oxygen atoms in total. The molecule has 1 aliphatic heterocycles. The minimum absolute atomic E-state index is 0.131. The number of fused-ring (bicyclic) bond motifs is 1. The molecule has 1 aromatic carbocycles. The predicted molar refractivity (Wildman–Crippen MR) is 72.7 cm³/mol. The van der Waals surface area contributed by atoms with E-state index in [1.165, 1.54) is 12.1 Å². The van der Waals surface area contributed by atoms with Gasteiger partial charge in [-0.05, 0) is 30.7 Å². The average Bonchev–Trinajstić information content (AvgIpc) is 2.89. The molecule has 3 N–H and O–H groups in total. The minimum Gasteiger partial charge on any atom is -0.347 e. The lowest BCUT2D eigenvalue weighted by atomic mass is 10.0. The number of hydrogen-bond donors (Lipinski definition) is 3. The smallest absolute Gasteiger partial charge is 0.241 e. The number of imidazole rings is 1. The van der Waals surface area contributed by atoms with Crippen molar-refractivity contribution in [2.75, 3.05) is 5.32 Å². The third-order valence-corrected chi connectivity index (χ3v) is 3.49. The fourth-order valence-electron chi connectivity index (χ4n) is 2.34. The Morgan fingerprint density at radius 3 is 3.15 bits per heavy atom. The zero-order chi connectivity index (χ0) is 14.1. The monoisotopic (exact) mass is 274 g/mol. The van der Waals surface area contributed by atoms with Gasteiger partial charge in [0.05, 0.1) is 23.8 Å². The summed E-state index contributed by atoms with van der Waals surface area (Å²) in [4.78, 5) is 19.5. The van der Waals surface area contributed by atoms with Crippen molar-refractivity contribution in [1.82, 2.24) is 15.3 Å². The number of hydrogen-bond acceptors (Lipinski definition) is 3. The van der Waals surface area contributed by atoms with Crippen LogP contribution in [-0.4, -0.2) is 21.9 Å². The molecule has 0 radical (unpaired) electrons. The predicted octanol–water partition coefficient (Wildman–Crippen LogP) is 1.51. The van der Waals surface area contributed by atoms with E-state index < -0.39 is 0 Å². The number of carbonyl (C=O) groups is 1. The summed E-state index contributed by atoms with van der Waals surface area (Å²) in [5, 5.41) is 5.98. The van der Waals surface area contributed by atoms with Crippen LogP contribution in [0, 0.1) is 12.7 Å².